The van der Waals surface area contributed by atoms with Crippen LogP contribution in [0.4, 0.5) is 0 Å². The fourth-order valence-electron chi connectivity index (χ4n) is 12.5. The molecule has 0 aromatic heterocycles. The van der Waals surface area contributed by atoms with Gasteiger partial charge in [0.25, 0.3) is 0 Å². The SMILES string of the molecule is CC(C)(C)c1cc(-c2cccc3c2C=C(C2CCCC2)[CH]3[Hf]2([CH]3C(C4CCCC4)=Cc4c(-c5cc(C(C)(C)C)cc(C(C)(C)C)c5)cccc43)[CH2]C[CH2]2)cc(C(C)(C)C)c1.Cl.Cl. The molecule has 62 heavy (non-hydrogen) atoms. The Labute approximate surface area is 394 Å². The summed E-state index contributed by atoms with van der Waals surface area (Å²) in [4.78, 5) is 0. The second-order valence-corrected chi connectivity index (χ2v) is 41.0. The van der Waals surface area contributed by atoms with Gasteiger partial charge in [0.15, 0.2) is 0 Å². The van der Waals surface area contributed by atoms with Crippen molar-refractivity contribution in [2.75, 3.05) is 0 Å². The van der Waals surface area contributed by atoms with E-state index in [4.69, 9.17) is 0 Å². The third kappa shape index (κ3) is 8.54. The summed E-state index contributed by atoms with van der Waals surface area (Å²) in [6, 6.07) is 30.4. The Morgan fingerprint density at radius 2 is 0.742 bits per heavy atom. The first-order valence-electron chi connectivity index (χ1n) is 24.3. The minimum Gasteiger partial charge on any atom is -0.147 e. The molecule has 0 nitrogen and oxygen atoms in total. The van der Waals surface area contributed by atoms with Gasteiger partial charge in [-0.05, 0) is 0 Å². The Balaban J connectivity index is 0.00000289. The molecule has 0 spiro atoms. The standard InChI is InChI=1S/2C28H35.C3H6.2ClH.Hf/c2*1-27(2,3)23-15-22(16-24(18-23)28(4,5)6)25-13-9-12-20-14-21(17-26(20)25)19-10-7-8-11-19;1-3-2;;;/h2*9,12-19H,7-8,10-11H2,1-6H3;1-3H2;2*1H;. The Bertz CT molecular complexity index is 2140. The third-order valence-electron chi connectivity index (χ3n) is 16.2. The maximum absolute atomic E-state index is 3.30. The molecule has 4 aromatic rings. The van der Waals surface area contributed by atoms with Gasteiger partial charge in [-0.2, -0.15) is 0 Å². The van der Waals surface area contributed by atoms with Gasteiger partial charge in [0, 0.05) is 0 Å². The van der Waals surface area contributed by atoms with E-state index in [2.05, 4.69) is 168 Å². The second-order valence-electron chi connectivity index (χ2n) is 24.4. The van der Waals surface area contributed by atoms with Gasteiger partial charge in [-0.3, -0.25) is 0 Å². The zero-order valence-corrected chi connectivity index (χ0v) is 45.7. The molecular formula is C59H78Cl2Hf. The van der Waals surface area contributed by atoms with E-state index in [1.54, 1.807) is 30.6 Å². The van der Waals surface area contributed by atoms with Crippen molar-refractivity contribution in [2.24, 2.45) is 11.8 Å². The average Bonchev–Trinajstić information content (AvgIpc) is 4.00. The smallest absolute Gasteiger partial charge is 0.147 e. The van der Waals surface area contributed by atoms with Crippen LogP contribution < -0.4 is 0 Å². The van der Waals surface area contributed by atoms with Crippen molar-refractivity contribution in [2.45, 2.75) is 178 Å². The molecule has 0 amide bonds. The molecule has 4 aromatic carbocycles. The van der Waals surface area contributed by atoms with E-state index in [-0.39, 0.29) is 46.5 Å². The first kappa shape index (κ1) is 47.8. The van der Waals surface area contributed by atoms with Crippen molar-refractivity contribution in [1.29, 1.82) is 0 Å². The topological polar surface area (TPSA) is 0 Å². The number of hydrogen-bond donors (Lipinski definition) is 0. The molecule has 1 saturated heterocycles. The van der Waals surface area contributed by atoms with Gasteiger partial charge in [0.2, 0.25) is 0 Å². The van der Waals surface area contributed by atoms with E-state index in [9.17, 15) is 0 Å². The third-order valence-corrected chi connectivity index (χ3v) is 38.4. The van der Waals surface area contributed by atoms with Crippen LogP contribution >= 0.6 is 24.8 Å². The molecule has 3 fully saturated rings. The molecule has 3 heteroatoms. The van der Waals surface area contributed by atoms with Crippen molar-refractivity contribution in [3.63, 3.8) is 0 Å². The van der Waals surface area contributed by atoms with E-state index >= 15 is 0 Å². The maximum atomic E-state index is 2.84. The van der Waals surface area contributed by atoms with Crippen LogP contribution in [0.2, 0.25) is 8.35 Å². The van der Waals surface area contributed by atoms with Crippen LogP contribution in [0.3, 0.4) is 0 Å². The fraction of sp³-hybridized carbons (Fsp3) is 0.525. The quantitative estimate of drug-likeness (QED) is 0.169. The molecule has 0 bridgehead atoms. The molecule has 2 unspecified atom stereocenters. The molecule has 0 N–H and O–H groups in total. The van der Waals surface area contributed by atoms with E-state index in [1.807, 2.05) is 11.1 Å². The Hall–Kier alpha value is -2.19. The van der Waals surface area contributed by atoms with Gasteiger partial charge in [0.1, 0.15) is 0 Å². The minimum absolute atomic E-state index is 0. The van der Waals surface area contributed by atoms with Crippen molar-refractivity contribution < 1.29 is 20.0 Å². The first-order chi connectivity index (χ1) is 28.2. The van der Waals surface area contributed by atoms with E-state index < -0.39 is 20.0 Å². The normalized spacial score (nSPS) is 21.4. The van der Waals surface area contributed by atoms with E-state index in [0.29, 0.717) is 7.35 Å². The molecule has 2 saturated carbocycles. The van der Waals surface area contributed by atoms with Crippen molar-refractivity contribution in [3.05, 3.63) is 128 Å². The predicted molar refractivity (Wildman–Crippen MR) is 273 cm³/mol. The number of hydrogen-bond acceptors (Lipinski definition) is 0. The summed E-state index contributed by atoms with van der Waals surface area (Å²) in [5.74, 6) is 1.50. The van der Waals surface area contributed by atoms with Gasteiger partial charge >= 0.3 is 373 Å². The van der Waals surface area contributed by atoms with Crippen LogP contribution in [0.5, 0.6) is 0 Å². The van der Waals surface area contributed by atoms with Crippen molar-refractivity contribution in [1.82, 2.24) is 0 Å². The summed E-state index contributed by atoms with van der Waals surface area (Å²) in [7, 11) is 0. The second kappa shape index (κ2) is 17.2. The van der Waals surface area contributed by atoms with Crippen LogP contribution in [0.15, 0.2) is 83.9 Å². The Morgan fingerprint density at radius 3 is 1.02 bits per heavy atom. The van der Waals surface area contributed by atoms with Gasteiger partial charge in [-0.25, -0.2) is 0 Å². The molecular weight excluding hydrogens is 958 g/mol. The van der Waals surface area contributed by atoms with Crippen LogP contribution in [0, 0.1) is 11.8 Å². The first-order valence-corrected chi connectivity index (χ1v) is 33.5. The fourth-order valence-corrected chi connectivity index (χ4v) is 35.4. The maximum Gasteiger partial charge on any atom is -0.147 e. The minimum atomic E-state index is -3.30. The molecule has 4 aliphatic carbocycles. The molecule has 9 rings (SSSR count). The number of fused-ring (bicyclic) bond motifs is 2. The van der Waals surface area contributed by atoms with Gasteiger partial charge in [-0.1, -0.05) is 0 Å². The van der Waals surface area contributed by atoms with E-state index in [0.717, 1.165) is 11.8 Å². The molecule has 2 atom stereocenters. The summed E-state index contributed by atoms with van der Waals surface area (Å²) in [6.45, 7) is 28.7. The summed E-state index contributed by atoms with van der Waals surface area (Å²) in [5, 5.41) is 0. The molecule has 1 aliphatic heterocycles. The molecule has 0 radical (unpaired) electrons. The molecule has 5 aliphatic rings. The summed E-state index contributed by atoms with van der Waals surface area (Å²) in [6.07, 6.45) is 18.3. The van der Waals surface area contributed by atoms with Crippen molar-refractivity contribution in [3.8, 4) is 22.3 Å². The van der Waals surface area contributed by atoms with Crippen LogP contribution in [-0.4, -0.2) is 0 Å². The Kier molecular flexibility index (Phi) is 13.3. The molecule has 332 valence electrons. The van der Waals surface area contributed by atoms with Gasteiger partial charge < -0.3 is 0 Å². The number of halogens is 2. The largest absolute Gasteiger partial charge is 0.147 e. The summed E-state index contributed by atoms with van der Waals surface area (Å²) < 4.78 is 4.48. The monoisotopic (exact) mass is 1040 g/mol. The number of rotatable bonds is 6. The van der Waals surface area contributed by atoms with Crippen LogP contribution in [0.1, 0.15) is 193 Å². The number of benzene rings is 4. The van der Waals surface area contributed by atoms with Crippen LogP contribution in [-0.2, 0) is 41.6 Å². The molecule has 1 heterocycles. The van der Waals surface area contributed by atoms with Crippen LogP contribution in [0.25, 0.3) is 34.4 Å². The van der Waals surface area contributed by atoms with Crippen molar-refractivity contribution >= 4 is 37.0 Å². The zero-order chi connectivity index (χ0) is 42.6. The summed E-state index contributed by atoms with van der Waals surface area (Å²) >= 11 is -3.30. The predicted octanol–water partition coefficient (Wildman–Crippen LogP) is 18.4. The van der Waals surface area contributed by atoms with Gasteiger partial charge in [-0.15, -0.1) is 24.8 Å². The summed E-state index contributed by atoms with van der Waals surface area (Å²) in [5.41, 5.74) is 22.5. The number of allylic oxidation sites excluding steroid dienone is 2. The van der Waals surface area contributed by atoms with E-state index in [1.165, 1.54) is 102 Å². The average molecular weight is 1040 g/mol. The van der Waals surface area contributed by atoms with Gasteiger partial charge in [0.05, 0.1) is 0 Å². The Morgan fingerprint density at radius 1 is 0.419 bits per heavy atom. The zero-order valence-electron chi connectivity index (χ0n) is 40.5.